The molecule has 1 aromatic rings. The summed E-state index contributed by atoms with van der Waals surface area (Å²) in [6, 6.07) is 9.31. The molecule has 0 aliphatic heterocycles. The van der Waals surface area contributed by atoms with Crippen LogP contribution < -0.4 is 0 Å². The van der Waals surface area contributed by atoms with Crippen molar-refractivity contribution in [3.05, 3.63) is 35.9 Å². The van der Waals surface area contributed by atoms with Crippen LogP contribution >= 0.6 is 0 Å². The third kappa shape index (κ3) is 3.67. The Balaban J connectivity index is 0.00000144. The van der Waals surface area contributed by atoms with E-state index in [1.807, 2.05) is 37.3 Å². The van der Waals surface area contributed by atoms with Crippen molar-refractivity contribution in [1.82, 2.24) is 0 Å². The van der Waals surface area contributed by atoms with E-state index in [9.17, 15) is 4.79 Å². The molecule has 2 nitrogen and oxygen atoms in total. The molecule has 1 N–H and O–H groups in total. The van der Waals surface area contributed by atoms with Crippen LogP contribution in [0.4, 0.5) is 0 Å². The Labute approximate surface area is 108 Å². The first-order chi connectivity index (χ1) is 5.75. The fourth-order valence-electron chi connectivity index (χ4n) is 1.24. The van der Waals surface area contributed by atoms with Crippen LogP contribution in [0.25, 0.3) is 0 Å². The molecular formula is C10H14CaO2. The SMILES string of the molecule is CCC(C(=O)O)c1ccccc1.[CaH2]. The van der Waals surface area contributed by atoms with Crippen molar-refractivity contribution >= 4 is 43.7 Å². The van der Waals surface area contributed by atoms with Crippen LogP contribution in [0.1, 0.15) is 24.8 Å². The second kappa shape index (κ2) is 6.41. The van der Waals surface area contributed by atoms with Crippen molar-refractivity contribution in [2.75, 3.05) is 0 Å². The van der Waals surface area contributed by atoms with Gasteiger partial charge in [0.05, 0.1) is 5.92 Å². The van der Waals surface area contributed by atoms with Crippen LogP contribution in [0.3, 0.4) is 0 Å². The number of rotatable bonds is 3. The summed E-state index contributed by atoms with van der Waals surface area (Å²) in [6.07, 6.45) is 0.638. The molecule has 0 aliphatic carbocycles. The molecule has 0 aromatic heterocycles. The summed E-state index contributed by atoms with van der Waals surface area (Å²) in [5.74, 6) is -1.10. The summed E-state index contributed by atoms with van der Waals surface area (Å²) in [6.45, 7) is 1.88. The zero-order chi connectivity index (χ0) is 8.97. The van der Waals surface area contributed by atoms with Crippen molar-refractivity contribution in [2.45, 2.75) is 19.3 Å². The van der Waals surface area contributed by atoms with E-state index in [2.05, 4.69) is 0 Å². The topological polar surface area (TPSA) is 37.3 Å². The molecular weight excluding hydrogens is 192 g/mol. The van der Waals surface area contributed by atoms with Gasteiger partial charge < -0.3 is 5.11 Å². The van der Waals surface area contributed by atoms with E-state index in [-0.39, 0.29) is 43.7 Å². The van der Waals surface area contributed by atoms with Crippen LogP contribution in [0.2, 0.25) is 0 Å². The quantitative estimate of drug-likeness (QED) is 0.758. The average Bonchev–Trinajstić information content (AvgIpc) is 2.07. The summed E-state index contributed by atoms with van der Waals surface area (Å²) in [4.78, 5) is 10.7. The van der Waals surface area contributed by atoms with Gasteiger partial charge in [0.2, 0.25) is 0 Å². The van der Waals surface area contributed by atoms with E-state index < -0.39 is 5.97 Å². The van der Waals surface area contributed by atoms with E-state index >= 15 is 0 Å². The molecule has 13 heavy (non-hydrogen) atoms. The Morgan fingerprint density at radius 1 is 1.38 bits per heavy atom. The summed E-state index contributed by atoms with van der Waals surface area (Å²) in [5.41, 5.74) is 0.882. The van der Waals surface area contributed by atoms with Crippen LogP contribution in [-0.2, 0) is 4.79 Å². The number of carbonyl (C=O) groups is 1. The predicted octanol–water partition coefficient (Wildman–Crippen LogP) is 1.35. The predicted molar refractivity (Wildman–Crippen MR) is 55.7 cm³/mol. The monoisotopic (exact) mass is 206 g/mol. The molecule has 0 saturated carbocycles. The fourth-order valence-corrected chi connectivity index (χ4v) is 1.24. The Morgan fingerprint density at radius 3 is 2.31 bits per heavy atom. The van der Waals surface area contributed by atoms with E-state index in [4.69, 9.17) is 5.11 Å². The molecule has 0 aliphatic rings. The molecule has 0 saturated heterocycles. The summed E-state index contributed by atoms with van der Waals surface area (Å²) >= 11 is 0. The second-order valence-corrected chi connectivity index (χ2v) is 2.71. The van der Waals surface area contributed by atoms with E-state index in [1.54, 1.807) is 0 Å². The van der Waals surface area contributed by atoms with Crippen LogP contribution in [-0.4, -0.2) is 48.8 Å². The van der Waals surface area contributed by atoms with Crippen molar-refractivity contribution < 1.29 is 9.90 Å². The standard InChI is InChI=1S/C10H12O2.Ca.2H/c1-2-9(10(11)12)8-6-4-3-5-7-8;;;/h3-7,9H,2H2,1H3,(H,11,12);;;. The van der Waals surface area contributed by atoms with E-state index in [1.165, 1.54) is 0 Å². The molecule has 0 spiro atoms. The number of carboxylic acid groups (broad SMARTS) is 1. The first-order valence-electron chi connectivity index (χ1n) is 4.03. The van der Waals surface area contributed by atoms with Crippen molar-refractivity contribution in [3.8, 4) is 0 Å². The Bertz CT molecular complexity index is 259. The third-order valence-corrected chi connectivity index (χ3v) is 1.91. The summed E-state index contributed by atoms with van der Waals surface area (Å²) in [7, 11) is 0. The molecule has 0 bridgehead atoms. The Hall–Kier alpha value is -0.0503. The molecule has 0 heterocycles. The summed E-state index contributed by atoms with van der Waals surface area (Å²) < 4.78 is 0. The molecule has 1 aromatic carbocycles. The molecule has 0 amide bonds. The van der Waals surface area contributed by atoms with Gasteiger partial charge >= 0.3 is 43.7 Å². The second-order valence-electron chi connectivity index (χ2n) is 2.71. The van der Waals surface area contributed by atoms with Crippen molar-refractivity contribution in [3.63, 3.8) is 0 Å². The zero-order valence-corrected chi connectivity index (χ0v) is 7.03. The first kappa shape index (κ1) is 12.9. The van der Waals surface area contributed by atoms with Gasteiger partial charge in [0.15, 0.2) is 0 Å². The average molecular weight is 206 g/mol. The van der Waals surface area contributed by atoms with Crippen LogP contribution in [0, 0.1) is 0 Å². The van der Waals surface area contributed by atoms with E-state index in [0.717, 1.165) is 5.56 Å². The number of hydrogen-bond acceptors (Lipinski definition) is 1. The van der Waals surface area contributed by atoms with Gasteiger partial charge in [0, 0.05) is 0 Å². The Kier molecular flexibility index (Phi) is 6.39. The zero-order valence-electron chi connectivity index (χ0n) is 7.03. The van der Waals surface area contributed by atoms with E-state index in [0.29, 0.717) is 6.42 Å². The fraction of sp³-hybridized carbons (Fsp3) is 0.300. The maximum atomic E-state index is 10.7. The van der Waals surface area contributed by atoms with Gasteiger partial charge in [-0.3, -0.25) is 4.79 Å². The minimum absolute atomic E-state index is 0. The minimum atomic E-state index is -0.747. The molecule has 0 fully saturated rings. The van der Waals surface area contributed by atoms with Crippen molar-refractivity contribution in [1.29, 1.82) is 0 Å². The molecule has 3 heteroatoms. The molecule has 1 unspecified atom stereocenters. The Morgan fingerprint density at radius 2 is 1.92 bits per heavy atom. The van der Waals surface area contributed by atoms with Gasteiger partial charge in [0.25, 0.3) is 0 Å². The number of benzene rings is 1. The van der Waals surface area contributed by atoms with Crippen LogP contribution in [0.5, 0.6) is 0 Å². The van der Waals surface area contributed by atoms with Crippen LogP contribution in [0.15, 0.2) is 30.3 Å². The molecule has 1 atom stereocenters. The van der Waals surface area contributed by atoms with Gasteiger partial charge in [0.1, 0.15) is 0 Å². The number of hydrogen-bond donors (Lipinski definition) is 1. The third-order valence-electron chi connectivity index (χ3n) is 1.91. The van der Waals surface area contributed by atoms with Gasteiger partial charge in [-0.15, -0.1) is 0 Å². The summed E-state index contributed by atoms with van der Waals surface area (Å²) in [5, 5.41) is 8.83. The molecule has 68 valence electrons. The molecule has 0 radical (unpaired) electrons. The first-order valence-corrected chi connectivity index (χ1v) is 4.03. The van der Waals surface area contributed by atoms with Gasteiger partial charge in [-0.05, 0) is 12.0 Å². The normalized spacial score (nSPS) is 11.5. The maximum absolute atomic E-state index is 10.7. The van der Waals surface area contributed by atoms with Gasteiger partial charge in [-0.25, -0.2) is 0 Å². The number of carboxylic acids is 1. The van der Waals surface area contributed by atoms with Crippen molar-refractivity contribution in [2.24, 2.45) is 0 Å². The van der Waals surface area contributed by atoms with Gasteiger partial charge in [-0.1, -0.05) is 37.3 Å². The van der Waals surface area contributed by atoms with Gasteiger partial charge in [-0.2, -0.15) is 0 Å². The number of aliphatic carboxylic acids is 1. The molecule has 1 rings (SSSR count).